The van der Waals surface area contributed by atoms with E-state index in [4.69, 9.17) is 0 Å². The summed E-state index contributed by atoms with van der Waals surface area (Å²) in [5.41, 5.74) is 0. The normalized spacial score (nSPS) is 22.6. The highest BCUT2D eigenvalue weighted by molar-refractivity contribution is 7.73. The van der Waals surface area contributed by atoms with Crippen molar-refractivity contribution in [3.8, 4) is 0 Å². The number of hydrogen-bond acceptors (Lipinski definition) is 2. The Morgan fingerprint density at radius 2 is 2.25 bits per heavy atom. The molecule has 1 saturated carbocycles. The van der Waals surface area contributed by atoms with E-state index in [1.807, 2.05) is 6.42 Å². The third kappa shape index (κ3) is 1.22. The molecule has 0 heterocycles. The summed E-state index contributed by atoms with van der Waals surface area (Å²) in [6, 6.07) is 0. The molecule has 1 rings (SSSR count). The van der Waals surface area contributed by atoms with Gasteiger partial charge in [0.05, 0.1) is 5.25 Å². The lowest BCUT2D eigenvalue weighted by Crippen LogP contribution is -2.01. The number of rotatable bonds is 1. The summed E-state index contributed by atoms with van der Waals surface area (Å²) in [5.74, 6) is 0. The Balaban J connectivity index is 2.47. The lowest BCUT2D eigenvalue weighted by Gasteiger charge is -1.92. The average molecular weight is 133 g/mol. The molecule has 0 aromatic rings. The van der Waals surface area contributed by atoms with Crippen molar-refractivity contribution in [1.29, 1.82) is 0 Å². The van der Waals surface area contributed by atoms with Crippen LogP contribution in [0.4, 0.5) is 0 Å². The summed E-state index contributed by atoms with van der Waals surface area (Å²) in [7, 11) is -2.16. The summed E-state index contributed by atoms with van der Waals surface area (Å²) in [6.45, 7) is 0. The standard InChI is InChI=1S/C5H9O2S/c6-8(7)5-3-1-2-4-5/h3,5,8H,1-2,4H2. The van der Waals surface area contributed by atoms with Crippen LogP contribution < -0.4 is 0 Å². The Kier molecular flexibility index (Phi) is 1.89. The highest BCUT2D eigenvalue weighted by Crippen LogP contribution is 2.18. The molecule has 0 aliphatic heterocycles. The van der Waals surface area contributed by atoms with Crippen molar-refractivity contribution in [3.63, 3.8) is 0 Å². The van der Waals surface area contributed by atoms with E-state index in [1.165, 1.54) is 0 Å². The van der Waals surface area contributed by atoms with Gasteiger partial charge in [-0.05, 0) is 19.3 Å². The van der Waals surface area contributed by atoms with E-state index in [-0.39, 0.29) is 5.25 Å². The fraction of sp³-hybridized carbons (Fsp3) is 0.800. The molecule has 1 unspecified atom stereocenters. The third-order valence-corrected chi connectivity index (χ3v) is 2.42. The molecular weight excluding hydrogens is 124 g/mol. The Bertz CT molecular complexity index is 125. The molecule has 0 saturated heterocycles. The first-order chi connectivity index (χ1) is 3.80. The minimum atomic E-state index is -2.16. The molecule has 1 radical (unpaired) electrons. The van der Waals surface area contributed by atoms with Crippen LogP contribution in [0.5, 0.6) is 0 Å². The van der Waals surface area contributed by atoms with Gasteiger partial charge < -0.3 is 0 Å². The van der Waals surface area contributed by atoms with Crippen LogP contribution in [0, 0.1) is 6.42 Å². The van der Waals surface area contributed by atoms with E-state index in [1.54, 1.807) is 0 Å². The van der Waals surface area contributed by atoms with Gasteiger partial charge in [-0.15, -0.1) is 0 Å². The third-order valence-electron chi connectivity index (χ3n) is 1.41. The van der Waals surface area contributed by atoms with Crippen molar-refractivity contribution in [2.75, 3.05) is 0 Å². The van der Waals surface area contributed by atoms with Crippen molar-refractivity contribution in [2.45, 2.75) is 24.5 Å². The van der Waals surface area contributed by atoms with Gasteiger partial charge in [-0.25, -0.2) is 8.42 Å². The molecule has 0 aromatic heterocycles. The molecule has 8 heavy (non-hydrogen) atoms. The van der Waals surface area contributed by atoms with Gasteiger partial charge in [0.2, 0.25) is 0 Å². The SMILES string of the molecule is O=[SH](=O)C1[CH]CCC1. The predicted molar refractivity (Wildman–Crippen MR) is 32.3 cm³/mol. The minimum Gasteiger partial charge on any atom is -0.232 e. The number of hydrogen-bond donors (Lipinski definition) is 1. The van der Waals surface area contributed by atoms with Crippen molar-refractivity contribution >= 4 is 10.7 Å². The zero-order valence-corrected chi connectivity index (χ0v) is 5.43. The maximum absolute atomic E-state index is 10.2. The van der Waals surface area contributed by atoms with Crippen LogP contribution in [0.3, 0.4) is 0 Å². The second-order valence-electron chi connectivity index (χ2n) is 2.02. The molecule has 47 valence electrons. The van der Waals surface area contributed by atoms with E-state index in [2.05, 4.69) is 0 Å². The first kappa shape index (κ1) is 6.08. The molecular formula is C5H9O2S. The molecule has 0 bridgehead atoms. The van der Waals surface area contributed by atoms with Crippen LogP contribution in [0.15, 0.2) is 0 Å². The molecule has 0 spiro atoms. The van der Waals surface area contributed by atoms with Gasteiger partial charge in [-0.1, -0.05) is 6.42 Å². The molecule has 1 aliphatic rings. The molecule has 2 nitrogen and oxygen atoms in total. The van der Waals surface area contributed by atoms with Crippen molar-refractivity contribution in [2.24, 2.45) is 0 Å². The fourth-order valence-corrected chi connectivity index (χ4v) is 1.66. The van der Waals surface area contributed by atoms with E-state index in [0.717, 1.165) is 19.3 Å². The van der Waals surface area contributed by atoms with E-state index < -0.39 is 10.7 Å². The zero-order chi connectivity index (χ0) is 5.98. The van der Waals surface area contributed by atoms with Gasteiger partial charge in [0, 0.05) is 0 Å². The highest BCUT2D eigenvalue weighted by Gasteiger charge is 2.16. The first-order valence-electron chi connectivity index (χ1n) is 2.77. The maximum Gasteiger partial charge on any atom is 0.143 e. The largest absolute Gasteiger partial charge is 0.232 e. The van der Waals surface area contributed by atoms with Crippen LogP contribution in [0.2, 0.25) is 0 Å². The van der Waals surface area contributed by atoms with Crippen molar-refractivity contribution in [3.05, 3.63) is 6.42 Å². The molecule has 0 aromatic carbocycles. The first-order valence-corrected chi connectivity index (χ1v) is 4.02. The van der Waals surface area contributed by atoms with Crippen LogP contribution in [0.25, 0.3) is 0 Å². The lowest BCUT2D eigenvalue weighted by atomic mass is 10.4. The topological polar surface area (TPSA) is 34.1 Å². The van der Waals surface area contributed by atoms with Gasteiger partial charge in [-0.3, -0.25) is 0 Å². The Morgan fingerprint density at radius 3 is 2.50 bits per heavy atom. The maximum atomic E-state index is 10.2. The molecule has 1 atom stereocenters. The van der Waals surface area contributed by atoms with E-state index in [9.17, 15) is 8.42 Å². The molecule has 0 N–H and O–H groups in total. The zero-order valence-electron chi connectivity index (χ0n) is 4.54. The molecule has 1 fully saturated rings. The van der Waals surface area contributed by atoms with E-state index >= 15 is 0 Å². The van der Waals surface area contributed by atoms with Gasteiger partial charge in [0.15, 0.2) is 0 Å². The van der Waals surface area contributed by atoms with Gasteiger partial charge in [0.25, 0.3) is 0 Å². The minimum absolute atomic E-state index is 0.106. The Labute approximate surface area is 50.9 Å². The smallest absolute Gasteiger partial charge is 0.143 e. The fourth-order valence-electron chi connectivity index (χ4n) is 0.947. The Hall–Kier alpha value is -0.0500. The van der Waals surface area contributed by atoms with Crippen molar-refractivity contribution in [1.82, 2.24) is 0 Å². The lowest BCUT2D eigenvalue weighted by molar-refractivity contribution is 0.605. The average Bonchev–Trinajstić information content (AvgIpc) is 2.12. The summed E-state index contributed by atoms with van der Waals surface area (Å²) in [4.78, 5) is 0. The quantitative estimate of drug-likeness (QED) is 0.524. The van der Waals surface area contributed by atoms with Crippen LogP contribution >= 0.6 is 0 Å². The van der Waals surface area contributed by atoms with Gasteiger partial charge in [0.1, 0.15) is 10.7 Å². The molecule has 0 amide bonds. The predicted octanol–water partition coefficient (Wildman–Crippen LogP) is 0.355. The summed E-state index contributed by atoms with van der Waals surface area (Å²) in [6.07, 6.45) is 4.76. The molecule has 1 aliphatic carbocycles. The summed E-state index contributed by atoms with van der Waals surface area (Å²) < 4.78 is 20.4. The van der Waals surface area contributed by atoms with E-state index in [0.29, 0.717) is 0 Å². The van der Waals surface area contributed by atoms with Gasteiger partial charge in [-0.2, -0.15) is 0 Å². The van der Waals surface area contributed by atoms with Crippen LogP contribution in [-0.2, 0) is 10.7 Å². The Morgan fingerprint density at radius 1 is 1.50 bits per heavy atom. The summed E-state index contributed by atoms with van der Waals surface area (Å²) >= 11 is 0. The highest BCUT2D eigenvalue weighted by atomic mass is 32.2. The van der Waals surface area contributed by atoms with Crippen LogP contribution in [0.1, 0.15) is 19.3 Å². The number of thiol groups is 1. The summed E-state index contributed by atoms with van der Waals surface area (Å²) in [5, 5.41) is -0.106. The second kappa shape index (κ2) is 2.49. The van der Waals surface area contributed by atoms with Crippen LogP contribution in [-0.4, -0.2) is 13.7 Å². The molecule has 3 heteroatoms. The monoisotopic (exact) mass is 133 g/mol. The van der Waals surface area contributed by atoms with Crippen molar-refractivity contribution < 1.29 is 8.42 Å². The van der Waals surface area contributed by atoms with Gasteiger partial charge >= 0.3 is 0 Å². The second-order valence-corrected chi connectivity index (χ2v) is 3.25.